The number of nitrogens with one attached hydrogen (secondary N) is 1. The molecule has 3 atom stereocenters. The lowest BCUT2D eigenvalue weighted by Gasteiger charge is -2.22. The van der Waals surface area contributed by atoms with Crippen molar-refractivity contribution in [1.29, 1.82) is 0 Å². The fourth-order valence-electron chi connectivity index (χ4n) is 3.20. The third kappa shape index (κ3) is 1.89. The van der Waals surface area contributed by atoms with E-state index in [0.29, 0.717) is 12.0 Å². The second-order valence-corrected chi connectivity index (χ2v) is 5.49. The molecule has 2 rings (SSSR count). The lowest BCUT2D eigenvalue weighted by Crippen LogP contribution is -2.21. The summed E-state index contributed by atoms with van der Waals surface area (Å²) in [6, 6.07) is 9.48. The Balaban J connectivity index is 2.34. The van der Waals surface area contributed by atoms with Crippen LogP contribution in [-0.2, 0) is 0 Å². The summed E-state index contributed by atoms with van der Waals surface area (Å²) >= 11 is 0. The van der Waals surface area contributed by atoms with Gasteiger partial charge >= 0.3 is 0 Å². The van der Waals surface area contributed by atoms with E-state index in [-0.39, 0.29) is 0 Å². The summed E-state index contributed by atoms with van der Waals surface area (Å²) in [4.78, 5) is 0. The van der Waals surface area contributed by atoms with Crippen molar-refractivity contribution in [1.82, 2.24) is 5.32 Å². The van der Waals surface area contributed by atoms with Gasteiger partial charge < -0.3 is 5.32 Å². The zero-order chi connectivity index (χ0) is 11.7. The molecule has 1 heteroatoms. The van der Waals surface area contributed by atoms with Gasteiger partial charge in [-0.3, -0.25) is 0 Å². The Bertz CT molecular complexity index is 356. The summed E-state index contributed by atoms with van der Waals surface area (Å²) in [6.07, 6.45) is 1.30. The number of hydrogen-bond acceptors (Lipinski definition) is 1. The zero-order valence-corrected chi connectivity index (χ0v) is 10.8. The molecular formula is C15H23N. The minimum atomic E-state index is 0.542. The van der Waals surface area contributed by atoms with Crippen LogP contribution in [0.3, 0.4) is 0 Å². The van der Waals surface area contributed by atoms with Crippen LogP contribution in [0.4, 0.5) is 0 Å². The average molecular weight is 217 g/mol. The van der Waals surface area contributed by atoms with Crippen LogP contribution < -0.4 is 5.32 Å². The number of hydrogen-bond donors (Lipinski definition) is 1. The van der Waals surface area contributed by atoms with E-state index in [1.807, 2.05) is 0 Å². The second kappa shape index (κ2) is 4.58. The molecule has 3 unspecified atom stereocenters. The van der Waals surface area contributed by atoms with E-state index < -0.39 is 0 Å². The maximum absolute atomic E-state index is 3.47. The molecule has 0 amide bonds. The van der Waals surface area contributed by atoms with Crippen molar-refractivity contribution in [2.75, 3.05) is 7.05 Å². The molecule has 0 saturated heterocycles. The Morgan fingerprint density at radius 1 is 1.19 bits per heavy atom. The highest BCUT2D eigenvalue weighted by Gasteiger charge is 2.36. The van der Waals surface area contributed by atoms with Crippen LogP contribution >= 0.6 is 0 Å². The standard InChI is InChI=1S/C15H23N/c1-10(2)9-14-11(3)15(16-4)13-8-6-5-7-12(13)14/h5-8,10-11,14-16H,9H2,1-4H3. The highest BCUT2D eigenvalue weighted by molar-refractivity contribution is 5.39. The third-order valence-electron chi connectivity index (χ3n) is 3.93. The lowest BCUT2D eigenvalue weighted by atomic mass is 9.85. The monoisotopic (exact) mass is 217 g/mol. The van der Waals surface area contributed by atoms with Gasteiger partial charge in [0.2, 0.25) is 0 Å². The minimum absolute atomic E-state index is 0.542. The summed E-state index contributed by atoms with van der Waals surface area (Å²) in [5.74, 6) is 2.22. The first-order valence-corrected chi connectivity index (χ1v) is 6.41. The molecule has 1 aromatic rings. The molecule has 0 bridgehead atoms. The van der Waals surface area contributed by atoms with E-state index in [4.69, 9.17) is 0 Å². The first kappa shape index (κ1) is 11.7. The van der Waals surface area contributed by atoms with Crippen LogP contribution in [0.25, 0.3) is 0 Å². The van der Waals surface area contributed by atoms with Crippen LogP contribution in [0, 0.1) is 11.8 Å². The first-order chi connectivity index (χ1) is 7.65. The van der Waals surface area contributed by atoms with Crippen LogP contribution in [0.15, 0.2) is 24.3 Å². The molecule has 0 heterocycles. The van der Waals surface area contributed by atoms with Gasteiger partial charge in [-0.05, 0) is 42.3 Å². The van der Waals surface area contributed by atoms with Gasteiger partial charge in [-0.2, -0.15) is 0 Å². The molecule has 16 heavy (non-hydrogen) atoms. The fraction of sp³-hybridized carbons (Fsp3) is 0.600. The molecule has 1 aromatic carbocycles. The van der Waals surface area contributed by atoms with Gasteiger partial charge in [0.15, 0.2) is 0 Å². The van der Waals surface area contributed by atoms with E-state index in [1.165, 1.54) is 12.0 Å². The molecular weight excluding hydrogens is 194 g/mol. The van der Waals surface area contributed by atoms with E-state index in [1.54, 1.807) is 5.56 Å². The molecule has 0 fully saturated rings. The maximum Gasteiger partial charge on any atom is 0.0352 e. The Labute approximate surface area is 99.3 Å². The van der Waals surface area contributed by atoms with E-state index in [0.717, 1.165) is 11.8 Å². The molecule has 0 radical (unpaired) electrons. The molecule has 88 valence electrons. The lowest BCUT2D eigenvalue weighted by molar-refractivity contribution is 0.346. The van der Waals surface area contributed by atoms with Gasteiger partial charge in [0.05, 0.1) is 0 Å². The Morgan fingerprint density at radius 3 is 2.38 bits per heavy atom. The highest BCUT2D eigenvalue weighted by Crippen LogP contribution is 2.47. The van der Waals surface area contributed by atoms with E-state index in [2.05, 4.69) is 57.4 Å². The summed E-state index contributed by atoms with van der Waals surface area (Å²) in [5, 5.41) is 3.47. The van der Waals surface area contributed by atoms with Crippen molar-refractivity contribution in [3.63, 3.8) is 0 Å². The summed E-state index contributed by atoms with van der Waals surface area (Å²) < 4.78 is 0. The normalized spacial score (nSPS) is 28.4. The van der Waals surface area contributed by atoms with Crippen molar-refractivity contribution in [3.05, 3.63) is 35.4 Å². The van der Waals surface area contributed by atoms with Crippen LogP contribution in [0.1, 0.15) is 50.3 Å². The van der Waals surface area contributed by atoms with Gasteiger partial charge in [-0.15, -0.1) is 0 Å². The van der Waals surface area contributed by atoms with Gasteiger partial charge in [0.25, 0.3) is 0 Å². The second-order valence-electron chi connectivity index (χ2n) is 5.49. The molecule has 1 aliphatic carbocycles. The van der Waals surface area contributed by atoms with Crippen molar-refractivity contribution in [2.24, 2.45) is 11.8 Å². The summed E-state index contributed by atoms with van der Waals surface area (Å²) in [5.41, 5.74) is 3.09. The zero-order valence-electron chi connectivity index (χ0n) is 10.8. The quantitative estimate of drug-likeness (QED) is 0.813. The Kier molecular flexibility index (Phi) is 3.34. The third-order valence-corrected chi connectivity index (χ3v) is 3.93. The largest absolute Gasteiger partial charge is 0.313 e. The van der Waals surface area contributed by atoms with Gasteiger partial charge in [-0.1, -0.05) is 45.0 Å². The minimum Gasteiger partial charge on any atom is -0.313 e. The fourth-order valence-corrected chi connectivity index (χ4v) is 3.20. The Hall–Kier alpha value is -0.820. The van der Waals surface area contributed by atoms with Crippen LogP contribution in [-0.4, -0.2) is 7.05 Å². The maximum atomic E-state index is 3.47. The molecule has 1 nitrogen and oxygen atoms in total. The molecule has 1 N–H and O–H groups in total. The molecule has 0 saturated carbocycles. The van der Waals surface area contributed by atoms with Gasteiger partial charge in [0.1, 0.15) is 0 Å². The highest BCUT2D eigenvalue weighted by atomic mass is 14.9. The van der Waals surface area contributed by atoms with Crippen molar-refractivity contribution in [3.8, 4) is 0 Å². The van der Waals surface area contributed by atoms with E-state index >= 15 is 0 Å². The first-order valence-electron chi connectivity index (χ1n) is 6.41. The Morgan fingerprint density at radius 2 is 1.81 bits per heavy atom. The van der Waals surface area contributed by atoms with Crippen molar-refractivity contribution >= 4 is 0 Å². The predicted molar refractivity (Wildman–Crippen MR) is 69.6 cm³/mol. The molecule has 0 aliphatic heterocycles. The van der Waals surface area contributed by atoms with Gasteiger partial charge in [-0.25, -0.2) is 0 Å². The smallest absolute Gasteiger partial charge is 0.0352 e. The van der Waals surface area contributed by atoms with Gasteiger partial charge in [0, 0.05) is 6.04 Å². The van der Waals surface area contributed by atoms with Crippen molar-refractivity contribution < 1.29 is 0 Å². The number of rotatable bonds is 3. The summed E-state index contributed by atoms with van der Waals surface area (Å²) in [6.45, 7) is 7.03. The van der Waals surface area contributed by atoms with Crippen LogP contribution in [0.5, 0.6) is 0 Å². The predicted octanol–water partition coefficient (Wildman–Crippen LogP) is 3.73. The molecule has 1 aliphatic rings. The van der Waals surface area contributed by atoms with Crippen LogP contribution in [0.2, 0.25) is 0 Å². The summed E-state index contributed by atoms with van der Waals surface area (Å²) in [7, 11) is 2.08. The molecule has 0 aromatic heterocycles. The number of benzene rings is 1. The SMILES string of the molecule is CNC1c2ccccc2C(CC(C)C)C1C. The average Bonchev–Trinajstić information content (AvgIpc) is 2.52. The number of fused-ring (bicyclic) bond motifs is 1. The van der Waals surface area contributed by atoms with E-state index in [9.17, 15) is 0 Å². The van der Waals surface area contributed by atoms with Crippen molar-refractivity contribution in [2.45, 2.75) is 39.2 Å². The molecule has 0 spiro atoms. The topological polar surface area (TPSA) is 12.0 Å².